The summed E-state index contributed by atoms with van der Waals surface area (Å²) in [7, 11) is 1.59. The number of carboxylic acids is 1. The maximum absolute atomic E-state index is 10.6. The van der Waals surface area contributed by atoms with E-state index in [1.54, 1.807) is 7.11 Å². The van der Waals surface area contributed by atoms with E-state index in [0.29, 0.717) is 23.2 Å². The number of carbonyl (C=O) groups is 1. The molecule has 0 saturated carbocycles. The highest BCUT2D eigenvalue weighted by Crippen LogP contribution is 2.24. The van der Waals surface area contributed by atoms with Crippen LogP contribution in [0.3, 0.4) is 0 Å². The summed E-state index contributed by atoms with van der Waals surface area (Å²) in [6.07, 6.45) is 2.34. The molecule has 1 aromatic carbocycles. The van der Waals surface area contributed by atoms with Crippen molar-refractivity contribution in [3.63, 3.8) is 0 Å². The van der Waals surface area contributed by atoms with Crippen LogP contribution in [0.15, 0.2) is 23.3 Å². The van der Waals surface area contributed by atoms with Gasteiger partial charge < -0.3 is 24.7 Å². The molecule has 1 fully saturated rings. The molecule has 2 N–H and O–H groups in total. The molecule has 0 aliphatic carbocycles. The number of hydrazone groups is 1. The standard InChI is InChI=1S/C18H25N3O4S2/c1-12(20-21-18(26)19-9-15-4-3-7-25-15)13-5-6-16(24-2)14(8-13)10-27-11-17(22)23/h5-6,8,15H,3-4,7,9-11H2,1-2H3,(H,22,23)(H2,19,21,26)/p-1/b20-12-/t15-/m0/s1. The summed E-state index contributed by atoms with van der Waals surface area (Å²) in [5.74, 6) is 0.0693. The van der Waals surface area contributed by atoms with Crippen molar-refractivity contribution in [1.82, 2.24) is 10.7 Å². The quantitative estimate of drug-likeness (QED) is 0.354. The van der Waals surface area contributed by atoms with Gasteiger partial charge in [-0.15, -0.1) is 0 Å². The van der Waals surface area contributed by atoms with Crippen molar-refractivity contribution in [2.24, 2.45) is 5.10 Å². The molecule has 1 aliphatic heterocycles. The molecule has 0 bridgehead atoms. The lowest BCUT2D eigenvalue weighted by molar-refractivity contribution is -0.301. The first-order chi connectivity index (χ1) is 13.0. The van der Waals surface area contributed by atoms with Crippen molar-refractivity contribution in [2.45, 2.75) is 31.6 Å². The Hall–Kier alpha value is -1.84. The zero-order valence-corrected chi connectivity index (χ0v) is 17.1. The average Bonchev–Trinajstić information content (AvgIpc) is 3.17. The van der Waals surface area contributed by atoms with Gasteiger partial charge in [-0.1, -0.05) is 0 Å². The summed E-state index contributed by atoms with van der Waals surface area (Å²) in [4.78, 5) is 10.6. The number of aliphatic carboxylic acids is 1. The number of nitrogens with one attached hydrogen (secondary N) is 2. The number of methoxy groups -OCH3 is 1. The van der Waals surface area contributed by atoms with Gasteiger partial charge in [0.1, 0.15) is 5.75 Å². The third kappa shape index (κ3) is 7.36. The van der Waals surface area contributed by atoms with Crippen LogP contribution in [0.5, 0.6) is 5.75 Å². The molecule has 1 atom stereocenters. The molecule has 7 nitrogen and oxygen atoms in total. The van der Waals surface area contributed by atoms with E-state index in [0.717, 1.165) is 36.3 Å². The van der Waals surface area contributed by atoms with Crippen LogP contribution in [-0.2, 0) is 15.3 Å². The third-order valence-corrected chi connectivity index (χ3v) is 5.21. The zero-order chi connectivity index (χ0) is 19.6. The number of thiocarbonyl (C=S) groups is 1. The lowest BCUT2D eigenvalue weighted by Gasteiger charge is -2.13. The van der Waals surface area contributed by atoms with Gasteiger partial charge in [-0.25, -0.2) is 0 Å². The van der Waals surface area contributed by atoms with E-state index in [1.165, 1.54) is 11.8 Å². The Morgan fingerprint density at radius 3 is 3.00 bits per heavy atom. The number of ether oxygens (including phenoxy) is 2. The number of hydrogen-bond acceptors (Lipinski definition) is 7. The number of carbonyl (C=O) groups excluding carboxylic acids is 1. The Bertz CT molecular complexity index is 691. The van der Waals surface area contributed by atoms with Crippen molar-refractivity contribution in [1.29, 1.82) is 0 Å². The first-order valence-electron chi connectivity index (χ1n) is 8.64. The molecule has 1 aliphatic rings. The molecule has 0 amide bonds. The largest absolute Gasteiger partial charge is 0.549 e. The van der Waals surface area contributed by atoms with E-state index < -0.39 is 5.97 Å². The topological polar surface area (TPSA) is 95.0 Å². The Balaban J connectivity index is 1.92. The van der Waals surface area contributed by atoms with Gasteiger partial charge in [0.2, 0.25) is 0 Å². The molecule has 148 valence electrons. The molecule has 9 heteroatoms. The summed E-state index contributed by atoms with van der Waals surface area (Å²) in [6, 6.07) is 5.68. The normalized spacial score (nSPS) is 16.8. The smallest absolute Gasteiger partial charge is 0.187 e. The second-order valence-corrected chi connectivity index (χ2v) is 7.44. The number of hydrogen-bond donors (Lipinski definition) is 2. The number of rotatable bonds is 9. The molecular formula is C18H24N3O4S2-. The predicted molar refractivity (Wildman–Crippen MR) is 109 cm³/mol. The van der Waals surface area contributed by atoms with Crippen LogP contribution in [0.25, 0.3) is 0 Å². The monoisotopic (exact) mass is 410 g/mol. The van der Waals surface area contributed by atoms with Crippen molar-refractivity contribution in [3.8, 4) is 5.75 Å². The van der Waals surface area contributed by atoms with Crippen LogP contribution in [0.1, 0.15) is 30.9 Å². The van der Waals surface area contributed by atoms with Crippen LogP contribution in [0.2, 0.25) is 0 Å². The molecule has 0 aromatic heterocycles. The van der Waals surface area contributed by atoms with Crippen molar-refractivity contribution in [3.05, 3.63) is 29.3 Å². The summed E-state index contributed by atoms with van der Waals surface area (Å²) in [6.45, 7) is 3.35. The minimum absolute atomic E-state index is 0.0628. The highest BCUT2D eigenvalue weighted by molar-refractivity contribution is 7.99. The summed E-state index contributed by atoms with van der Waals surface area (Å²) < 4.78 is 10.9. The molecule has 1 saturated heterocycles. The third-order valence-electron chi connectivity index (χ3n) is 4.02. The van der Waals surface area contributed by atoms with Gasteiger partial charge in [0.25, 0.3) is 0 Å². The van der Waals surface area contributed by atoms with Gasteiger partial charge in [-0.3, -0.25) is 5.43 Å². The highest BCUT2D eigenvalue weighted by atomic mass is 32.2. The fourth-order valence-electron chi connectivity index (χ4n) is 2.61. The molecule has 1 aromatic rings. The van der Waals surface area contributed by atoms with E-state index in [-0.39, 0.29) is 11.9 Å². The minimum Gasteiger partial charge on any atom is -0.549 e. The van der Waals surface area contributed by atoms with Crippen LogP contribution < -0.4 is 20.6 Å². The highest BCUT2D eigenvalue weighted by Gasteiger charge is 2.15. The maximum atomic E-state index is 10.6. The fourth-order valence-corrected chi connectivity index (χ4v) is 3.45. The molecule has 27 heavy (non-hydrogen) atoms. The number of benzene rings is 1. The predicted octanol–water partition coefficient (Wildman–Crippen LogP) is 1.05. The van der Waals surface area contributed by atoms with Gasteiger partial charge in [0.15, 0.2) is 5.11 Å². The Morgan fingerprint density at radius 2 is 2.33 bits per heavy atom. The Kier molecular flexibility index (Phi) is 8.83. The lowest BCUT2D eigenvalue weighted by atomic mass is 10.1. The van der Waals surface area contributed by atoms with Gasteiger partial charge in [-0.05, 0) is 55.7 Å². The maximum Gasteiger partial charge on any atom is 0.187 e. The Labute approximate surface area is 168 Å². The van der Waals surface area contributed by atoms with E-state index in [1.807, 2.05) is 25.1 Å². The summed E-state index contributed by atoms with van der Waals surface area (Å²) in [5, 5.41) is 18.5. The average molecular weight is 411 g/mol. The van der Waals surface area contributed by atoms with Crippen LogP contribution in [0, 0.1) is 0 Å². The van der Waals surface area contributed by atoms with E-state index in [2.05, 4.69) is 15.8 Å². The number of nitrogens with zero attached hydrogens (tertiary/aromatic N) is 1. The van der Waals surface area contributed by atoms with Crippen LogP contribution in [0.4, 0.5) is 0 Å². The summed E-state index contributed by atoms with van der Waals surface area (Å²) in [5.41, 5.74) is 5.39. The van der Waals surface area contributed by atoms with Crippen LogP contribution >= 0.6 is 24.0 Å². The number of thioether (sulfide) groups is 1. The summed E-state index contributed by atoms with van der Waals surface area (Å²) >= 11 is 6.50. The van der Waals surface area contributed by atoms with Gasteiger partial charge >= 0.3 is 0 Å². The minimum atomic E-state index is -1.08. The van der Waals surface area contributed by atoms with E-state index in [4.69, 9.17) is 21.7 Å². The lowest BCUT2D eigenvalue weighted by Crippen LogP contribution is -2.37. The second-order valence-electron chi connectivity index (χ2n) is 6.05. The van der Waals surface area contributed by atoms with E-state index >= 15 is 0 Å². The number of carboxylic acid groups (broad SMARTS) is 1. The molecule has 0 unspecified atom stereocenters. The van der Waals surface area contributed by atoms with Gasteiger partial charge in [0, 0.05) is 30.2 Å². The van der Waals surface area contributed by atoms with Gasteiger partial charge in [-0.2, -0.15) is 16.9 Å². The van der Waals surface area contributed by atoms with Gasteiger partial charge in [0.05, 0.1) is 24.9 Å². The van der Waals surface area contributed by atoms with E-state index in [9.17, 15) is 9.90 Å². The van der Waals surface area contributed by atoms with Crippen LogP contribution in [-0.4, -0.2) is 48.9 Å². The van der Waals surface area contributed by atoms with Crippen molar-refractivity contribution in [2.75, 3.05) is 26.0 Å². The molecule has 0 radical (unpaired) electrons. The first-order valence-corrected chi connectivity index (χ1v) is 10.2. The molecule has 0 spiro atoms. The first kappa shape index (κ1) is 21.5. The van der Waals surface area contributed by atoms with Crippen molar-refractivity contribution < 1.29 is 19.4 Å². The van der Waals surface area contributed by atoms with Crippen molar-refractivity contribution >= 4 is 40.8 Å². The Morgan fingerprint density at radius 1 is 1.52 bits per heavy atom. The SMILES string of the molecule is COc1ccc(/C(C)=N\NC(=S)NC[C@@H]2CCCO2)cc1CSCC(=O)[O-]. The molecule has 1 heterocycles. The second kappa shape index (κ2) is 11.1. The molecule has 2 rings (SSSR count). The molecular weight excluding hydrogens is 386 g/mol. The fraction of sp³-hybridized carbons (Fsp3) is 0.500. The zero-order valence-electron chi connectivity index (χ0n) is 15.4.